The SMILES string of the molecule is CN1CCC(N2C[C@@H](O)[C@H](NS(C)(=O)=O)C2)CC1. The summed E-state index contributed by atoms with van der Waals surface area (Å²) in [6, 6.07) is 0.113. The first-order valence-corrected chi connectivity index (χ1v) is 8.32. The molecule has 2 heterocycles. The molecule has 2 atom stereocenters. The van der Waals surface area contributed by atoms with Gasteiger partial charge in [-0.25, -0.2) is 13.1 Å². The average molecular weight is 277 g/mol. The van der Waals surface area contributed by atoms with E-state index in [9.17, 15) is 13.5 Å². The minimum atomic E-state index is -3.25. The summed E-state index contributed by atoms with van der Waals surface area (Å²) in [5.74, 6) is 0. The highest BCUT2D eigenvalue weighted by Gasteiger charge is 2.37. The summed E-state index contributed by atoms with van der Waals surface area (Å²) >= 11 is 0. The molecule has 0 bridgehead atoms. The van der Waals surface area contributed by atoms with E-state index in [2.05, 4.69) is 21.6 Å². The van der Waals surface area contributed by atoms with E-state index < -0.39 is 16.1 Å². The zero-order chi connectivity index (χ0) is 13.3. The highest BCUT2D eigenvalue weighted by Crippen LogP contribution is 2.21. The van der Waals surface area contributed by atoms with Crippen LogP contribution >= 0.6 is 0 Å². The Kier molecular flexibility index (Phi) is 4.28. The van der Waals surface area contributed by atoms with Crippen LogP contribution in [0.3, 0.4) is 0 Å². The fourth-order valence-corrected chi connectivity index (χ4v) is 3.65. The molecule has 106 valence electrons. The first kappa shape index (κ1) is 14.2. The Balaban J connectivity index is 1.90. The summed E-state index contributed by atoms with van der Waals surface area (Å²) in [7, 11) is -1.13. The number of likely N-dealkylation sites (tertiary alicyclic amines) is 2. The van der Waals surface area contributed by atoms with E-state index in [0.29, 0.717) is 19.1 Å². The van der Waals surface area contributed by atoms with E-state index >= 15 is 0 Å². The number of hydrogen-bond acceptors (Lipinski definition) is 5. The van der Waals surface area contributed by atoms with Gasteiger partial charge in [-0.3, -0.25) is 4.90 Å². The van der Waals surface area contributed by atoms with Crippen molar-refractivity contribution in [1.82, 2.24) is 14.5 Å². The number of β-amino-alcohol motifs (C(OH)–C–C–N with tert-alkyl or cyclic N) is 1. The van der Waals surface area contributed by atoms with Crippen LogP contribution in [0.15, 0.2) is 0 Å². The van der Waals surface area contributed by atoms with E-state index in [1.54, 1.807) is 0 Å². The Bertz CT molecular complexity index is 379. The van der Waals surface area contributed by atoms with Crippen LogP contribution in [0.4, 0.5) is 0 Å². The van der Waals surface area contributed by atoms with Gasteiger partial charge in [0.1, 0.15) is 0 Å². The number of nitrogens with zero attached hydrogens (tertiary/aromatic N) is 2. The van der Waals surface area contributed by atoms with Crippen LogP contribution in [-0.4, -0.2) is 81.0 Å². The lowest BCUT2D eigenvalue weighted by Gasteiger charge is -2.34. The van der Waals surface area contributed by atoms with Gasteiger partial charge < -0.3 is 10.0 Å². The zero-order valence-corrected chi connectivity index (χ0v) is 11.9. The van der Waals surface area contributed by atoms with Gasteiger partial charge in [-0.05, 0) is 33.0 Å². The van der Waals surface area contributed by atoms with Crippen LogP contribution in [0.1, 0.15) is 12.8 Å². The molecule has 0 aromatic rings. The van der Waals surface area contributed by atoms with Crippen molar-refractivity contribution in [3.05, 3.63) is 0 Å². The van der Waals surface area contributed by atoms with Crippen molar-refractivity contribution in [3.8, 4) is 0 Å². The van der Waals surface area contributed by atoms with Crippen molar-refractivity contribution in [3.63, 3.8) is 0 Å². The fourth-order valence-electron chi connectivity index (χ4n) is 2.87. The number of nitrogens with one attached hydrogen (secondary N) is 1. The maximum atomic E-state index is 11.2. The molecule has 0 aromatic carbocycles. The molecule has 6 nitrogen and oxygen atoms in total. The van der Waals surface area contributed by atoms with E-state index in [1.165, 1.54) is 0 Å². The molecule has 0 amide bonds. The second kappa shape index (κ2) is 5.42. The Morgan fingerprint density at radius 2 is 1.83 bits per heavy atom. The molecule has 0 saturated carbocycles. The molecule has 2 N–H and O–H groups in total. The molecule has 0 unspecified atom stereocenters. The number of aliphatic hydroxyl groups is 1. The van der Waals surface area contributed by atoms with E-state index in [1.807, 2.05) is 0 Å². The monoisotopic (exact) mass is 277 g/mol. The van der Waals surface area contributed by atoms with Crippen LogP contribution in [0, 0.1) is 0 Å². The molecule has 2 saturated heterocycles. The lowest BCUT2D eigenvalue weighted by atomic mass is 10.0. The van der Waals surface area contributed by atoms with E-state index in [4.69, 9.17) is 0 Å². The minimum absolute atomic E-state index is 0.361. The van der Waals surface area contributed by atoms with Gasteiger partial charge in [0.25, 0.3) is 0 Å². The Labute approximate surface area is 109 Å². The highest BCUT2D eigenvalue weighted by atomic mass is 32.2. The largest absolute Gasteiger partial charge is 0.390 e. The summed E-state index contributed by atoms with van der Waals surface area (Å²) in [6.45, 7) is 3.33. The lowest BCUT2D eigenvalue weighted by Crippen LogP contribution is -2.44. The van der Waals surface area contributed by atoms with Crippen LogP contribution in [0.5, 0.6) is 0 Å². The Morgan fingerprint density at radius 3 is 2.39 bits per heavy atom. The summed E-state index contributed by atoms with van der Waals surface area (Å²) in [4.78, 5) is 4.52. The summed E-state index contributed by atoms with van der Waals surface area (Å²) < 4.78 is 24.9. The maximum absolute atomic E-state index is 11.2. The van der Waals surface area contributed by atoms with Crippen molar-refractivity contribution in [2.45, 2.75) is 31.0 Å². The van der Waals surface area contributed by atoms with E-state index in [-0.39, 0.29) is 6.04 Å². The summed E-state index contributed by atoms with van der Waals surface area (Å²) in [5.41, 5.74) is 0. The number of sulfonamides is 1. The number of piperidine rings is 1. The van der Waals surface area contributed by atoms with Crippen molar-refractivity contribution in [2.24, 2.45) is 0 Å². The van der Waals surface area contributed by atoms with Crippen molar-refractivity contribution in [1.29, 1.82) is 0 Å². The molecule has 2 aliphatic rings. The second-order valence-corrected chi connectivity index (χ2v) is 7.33. The third kappa shape index (κ3) is 3.64. The van der Waals surface area contributed by atoms with Gasteiger partial charge in [0, 0.05) is 19.1 Å². The van der Waals surface area contributed by atoms with E-state index in [0.717, 1.165) is 32.2 Å². The van der Waals surface area contributed by atoms with Gasteiger partial charge in [-0.15, -0.1) is 0 Å². The smallest absolute Gasteiger partial charge is 0.209 e. The normalized spacial score (nSPS) is 33.1. The molecule has 0 radical (unpaired) electrons. The molecule has 2 rings (SSSR count). The third-order valence-electron chi connectivity index (χ3n) is 3.89. The minimum Gasteiger partial charge on any atom is -0.390 e. The first-order valence-electron chi connectivity index (χ1n) is 6.43. The number of rotatable bonds is 3. The second-order valence-electron chi connectivity index (χ2n) is 5.55. The molecular formula is C11H23N3O3S. The summed E-state index contributed by atoms with van der Waals surface area (Å²) in [6.07, 6.45) is 2.72. The third-order valence-corrected chi connectivity index (χ3v) is 4.62. The van der Waals surface area contributed by atoms with Crippen LogP contribution < -0.4 is 4.72 Å². The fraction of sp³-hybridized carbons (Fsp3) is 1.00. The van der Waals surface area contributed by atoms with Crippen LogP contribution in [0.25, 0.3) is 0 Å². The number of hydrogen-bond donors (Lipinski definition) is 2. The van der Waals surface area contributed by atoms with Gasteiger partial charge in [0.15, 0.2) is 0 Å². The molecule has 2 aliphatic heterocycles. The molecule has 0 aliphatic carbocycles. The molecule has 0 spiro atoms. The quantitative estimate of drug-likeness (QED) is 0.669. The maximum Gasteiger partial charge on any atom is 0.209 e. The lowest BCUT2D eigenvalue weighted by molar-refractivity contribution is 0.118. The van der Waals surface area contributed by atoms with Crippen LogP contribution in [0.2, 0.25) is 0 Å². The predicted octanol–water partition coefficient (Wildman–Crippen LogP) is -1.33. The predicted molar refractivity (Wildman–Crippen MR) is 69.9 cm³/mol. The zero-order valence-electron chi connectivity index (χ0n) is 11.0. The molecule has 18 heavy (non-hydrogen) atoms. The van der Waals surface area contributed by atoms with Crippen molar-refractivity contribution >= 4 is 10.0 Å². The van der Waals surface area contributed by atoms with Crippen molar-refractivity contribution in [2.75, 3.05) is 39.5 Å². The Morgan fingerprint density at radius 1 is 1.22 bits per heavy atom. The van der Waals surface area contributed by atoms with Gasteiger partial charge in [0.05, 0.1) is 18.4 Å². The number of aliphatic hydroxyl groups excluding tert-OH is 1. The Hall–Kier alpha value is -0.210. The standard InChI is InChI=1S/C11H23N3O3S/c1-13-5-3-9(4-6-13)14-7-10(11(15)8-14)12-18(2,16)17/h9-12,15H,3-8H2,1-2H3/t10-,11-/m1/s1. The van der Waals surface area contributed by atoms with Gasteiger partial charge in [0.2, 0.25) is 10.0 Å². The van der Waals surface area contributed by atoms with Gasteiger partial charge >= 0.3 is 0 Å². The van der Waals surface area contributed by atoms with Crippen LogP contribution in [-0.2, 0) is 10.0 Å². The molecule has 0 aromatic heterocycles. The highest BCUT2D eigenvalue weighted by molar-refractivity contribution is 7.88. The molecule has 7 heteroatoms. The topological polar surface area (TPSA) is 72.9 Å². The van der Waals surface area contributed by atoms with Gasteiger partial charge in [-0.1, -0.05) is 0 Å². The first-order chi connectivity index (χ1) is 8.35. The summed E-state index contributed by atoms with van der Waals surface area (Å²) in [5, 5.41) is 9.93. The van der Waals surface area contributed by atoms with Gasteiger partial charge in [-0.2, -0.15) is 0 Å². The molecular weight excluding hydrogens is 254 g/mol. The average Bonchev–Trinajstić information content (AvgIpc) is 2.59. The molecule has 2 fully saturated rings. The van der Waals surface area contributed by atoms with Crippen molar-refractivity contribution < 1.29 is 13.5 Å².